The van der Waals surface area contributed by atoms with Crippen LogP contribution in [-0.2, 0) is 19.2 Å². The van der Waals surface area contributed by atoms with Gasteiger partial charge in [-0.3, -0.25) is 14.4 Å². The molecule has 0 N–H and O–H groups in total. The smallest absolute Gasteiger partial charge is 0.337 e. The Morgan fingerprint density at radius 3 is 2.15 bits per heavy atom. The van der Waals surface area contributed by atoms with Gasteiger partial charge in [-0.1, -0.05) is 23.7 Å². The molecule has 7 nitrogen and oxygen atoms in total. The molecule has 0 bridgehead atoms. The molecule has 0 unspecified atom stereocenters. The van der Waals surface area contributed by atoms with Gasteiger partial charge in [0.25, 0.3) is 5.91 Å². The fourth-order valence-electron chi connectivity index (χ4n) is 4.34. The molecule has 2 fully saturated rings. The second-order valence-electron chi connectivity index (χ2n) is 7.90. The molecular weight excluding hydrogens is 463 g/mol. The van der Waals surface area contributed by atoms with Gasteiger partial charge in [-0.2, -0.15) is 0 Å². The van der Waals surface area contributed by atoms with Gasteiger partial charge in [0.15, 0.2) is 6.10 Å². The van der Waals surface area contributed by atoms with Crippen molar-refractivity contribution in [3.05, 3.63) is 94.8 Å². The number of amides is 2. The summed E-state index contributed by atoms with van der Waals surface area (Å²) in [4.78, 5) is 45.7. The molecule has 9 heteroatoms. The topological polar surface area (TPSA) is 76.2 Å². The van der Waals surface area contributed by atoms with Crippen LogP contribution in [0.2, 0.25) is 5.02 Å². The first-order valence-electron chi connectivity index (χ1n) is 10.4. The molecule has 5 rings (SSSR count). The molecule has 0 spiro atoms. The number of hydroxylamine groups is 1. The van der Waals surface area contributed by atoms with Crippen LogP contribution in [0, 0.1) is 11.7 Å². The highest BCUT2D eigenvalue weighted by Gasteiger charge is 2.60. The number of benzene rings is 3. The Kier molecular flexibility index (Phi) is 5.55. The number of esters is 1. The van der Waals surface area contributed by atoms with Crippen molar-refractivity contribution in [2.24, 2.45) is 5.92 Å². The number of nitrogens with zero attached hydrogens (tertiary/aromatic N) is 2. The predicted octanol–water partition coefficient (Wildman–Crippen LogP) is 4.32. The lowest BCUT2D eigenvalue weighted by atomic mass is 9.90. The quantitative estimate of drug-likeness (QED) is 0.409. The lowest BCUT2D eigenvalue weighted by Gasteiger charge is -2.28. The van der Waals surface area contributed by atoms with E-state index in [0.717, 1.165) is 4.90 Å². The van der Waals surface area contributed by atoms with Crippen LogP contribution in [0.4, 0.5) is 15.8 Å². The van der Waals surface area contributed by atoms with Crippen LogP contribution in [0.1, 0.15) is 22.0 Å². The summed E-state index contributed by atoms with van der Waals surface area (Å²) in [5.41, 5.74) is 1.83. The fraction of sp³-hybridized carbons (Fsp3) is 0.160. The molecule has 3 aromatic carbocycles. The van der Waals surface area contributed by atoms with Crippen molar-refractivity contribution in [2.75, 3.05) is 17.1 Å². The Morgan fingerprint density at radius 1 is 0.912 bits per heavy atom. The monoisotopic (exact) mass is 480 g/mol. The lowest BCUT2D eigenvalue weighted by molar-refractivity contribution is -0.126. The molecule has 2 heterocycles. The van der Waals surface area contributed by atoms with Gasteiger partial charge < -0.3 is 4.74 Å². The van der Waals surface area contributed by atoms with Crippen LogP contribution in [-0.4, -0.2) is 31.0 Å². The van der Waals surface area contributed by atoms with Gasteiger partial charge in [-0.15, -0.1) is 0 Å². The van der Waals surface area contributed by atoms with Crippen LogP contribution in [0.15, 0.2) is 72.8 Å². The van der Waals surface area contributed by atoms with Gasteiger partial charge >= 0.3 is 5.97 Å². The summed E-state index contributed by atoms with van der Waals surface area (Å²) in [5, 5.41) is 2.03. The van der Waals surface area contributed by atoms with E-state index in [-0.39, 0.29) is 0 Å². The highest BCUT2D eigenvalue weighted by Crippen LogP contribution is 2.47. The third kappa shape index (κ3) is 3.61. The molecule has 2 amide bonds. The number of hydrogen-bond donors (Lipinski definition) is 0. The highest BCUT2D eigenvalue weighted by molar-refractivity contribution is 6.30. The fourth-order valence-corrected chi connectivity index (χ4v) is 4.47. The molecule has 34 heavy (non-hydrogen) atoms. The molecule has 0 aromatic heterocycles. The Hall–Kier alpha value is -3.75. The number of fused-ring (bicyclic) bond motifs is 1. The first-order valence-corrected chi connectivity index (χ1v) is 10.8. The number of carbonyl (C=O) groups excluding carboxylic acids is 3. The van der Waals surface area contributed by atoms with E-state index in [1.54, 1.807) is 36.4 Å². The van der Waals surface area contributed by atoms with E-state index in [4.69, 9.17) is 21.2 Å². The van der Waals surface area contributed by atoms with Gasteiger partial charge in [-0.25, -0.2) is 19.1 Å². The van der Waals surface area contributed by atoms with E-state index in [2.05, 4.69) is 0 Å². The van der Waals surface area contributed by atoms with E-state index in [9.17, 15) is 18.8 Å². The number of rotatable bonds is 4. The predicted molar refractivity (Wildman–Crippen MR) is 122 cm³/mol. The first kappa shape index (κ1) is 22.1. The van der Waals surface area contributed by atoms with Crippen LogP contribution in [0.3, 0.4) is 0 Å². The first-order chi connectivity index (χ1) is 16.4. The van der Waals surface area contributed by atoms with E-state index >= 15 is 0 Å². The van der Waals surface area contributed by atoms with E-state index < -0.39 is 41.7 Å². The molecule has 2 saturated heterocycles. The Labute approximate surface area is 199 Å². The largest absolute Gasteiger partial charge is 0.465 e. The normalized spacial score (nSPS) is 21.7. The maximum absolute atomic E-state index is 13.6. The number of halogens is 2. The standard InChI is InChI=1S/C25H18ClFN2O5/c1-33-25(32)15-4-10-18(11-5-15)28-23(30)20-21(14-2-8-17(27)9-3-14)29(34-22(20)24(28)31)19-12-6-16(26)7-13-19/h2-13,20-22H,1H3/t20-,21-,22-/m0/s1. The molecule has 3 aromatic rings. The SMILES string of the molecule is COC(=O)c1ccc(N2C(=O)[C@@H]3[C@H](ON(c4ccc(Cl)cc4)[C@H]3c3ccc(F)cc3)C2=O)cc1. The Bertz CT molecular complexity index is 1260. The third-order valence-electron chi connectivity index (χ3n) is 5.95. The summed E-state index contributed by atoms with van der Waals surface area (Å²) in [6.07, 6.45) is -1.07. The average Bonchev–Trinajstić information content (AvgIpc) is 3.35. The number of hydrogen-bond acceptors (Lipinski definition) is 6. The number of imide groups is 1. The molecule has 0 saturated carbocycles. The van der Waals surface area contributed by atoms with Crippen LogP contribution in [0.25, 0.3) is 0 Å². The minimum Gasteiger partial charge on any atom is -0.465 e. The molecule has 0 radical (unpaired) electrons. The molecule has 0 aliphatic carbocycles. The van der Waals surface area contributed by atoms with Crippen molar-refractivity contribution in [3.63, 3.8) is 0 Å². The van der Waals surface area contributed by atoms with Crippen LogP contribution >= 0.6 is 11.6 Å². The highest BCUT2D eigenvalue weighted by atomic mass is 35.5. The van der Waals surface area contributed by atoms with Gasteiger partial charge in [-0.05, 0) is 66.2 Å². The minimum absolute atomic E-state index is 0.292. The minimum atomic E-state index is -1.07. The Morgan fingerprint density at radius 2 is 1.53 bits per heavy atom. The van der Waals surface area contributed by atoms with Crippen molar-refractivity contribution in [1.29, 1.82) is 0 Å². The van der Waals surface area contributed by atoms with Crippen LogP contribution in [0.5, 0.6) is 0 Å². The second kappa shape index (κ2) is 8.55. The van der Waals surface area contributed by atoms with Gasteiger partial charge in [0.2, 0.25) is 5.91 Å². The van der Waals surface area contributed by atoms with Gasteiger partial charge in [0.05, 0.1) is 30.1 Å². The molecular formula is C25H18ClFN2O5. The Balaban J connectivity index is 1.53. The number of ether oxygens (including phenoxy) is 1. The van der Waals surface area contributed by atoms with Crippen molar-refractivity contribution in [3.8, 4) is 0 Å². The van der Waals surface area contributed by atoms with E-state index in [0.29, 0.717) is 27.5 Å². The maximum Gasteiger partial charge on any atom is 0.337 e. The maximum atomic E-state index is 13.6. The summed E-state index contributed by atoms with van der Waals surface area (Å²) in [5.74, 6) is -2.79. The van der Waals surface area contributed by atoms with Crippen LogP contribution < -0.4 is 9.96 Å². The lowest BCUT2D eigenvalue weighted by Crippen LogP contribution is -2.37. The second-order valence-corrected chi connectivity index (χ2v) is 8.34. The van der Waals surface area contributed by atoms with Gasteiger partial charge in [0, 0.05) is 5.02 Å². The van der Waals surface area contributed by atoms with Crippen molar-refractivity contribution in [1.82, 2.24) is 0 Å². The van der Waals surface area contributed by atoms with Gasteiger partial charge in [0.1, 0.15) is 11.7 Å². The summed E-state index contributed by atoms with van der Waals surface area (Å²) in [6, 6.07) is 17.8. The van der Waals surface area contributed by atoms with Crippen molar-refractivity contribution >= 4 is 40.8 Å². The number of carbonyl (C=O) groups is 3. The third-order valence-corrected chi connectivity index (χ3v) is 6.21. The van der Waals surface area contributed by atoms with Crippen molar-refractivity contribution < 1.29 is 28.3 Å². The molecule has 3 atom stereocenters. The molecule has 172 valence electrons. The summed E-state index contributed by atoms with van der Waals surface area (Å²) in [6.45, 7) is 0. The van der Waals surface area contributed by atoms with Crippen molar-refractivity contribution in [2.45, 2.75) is 12.1 Å². The van der Waals surface area contributed by atoms with E-state index in [1.165, 1.54) is 48.6 Å². The molecule has 2 aliphatic rings. The average molecular weight is 481 g/mol. The zero-order chi connectivity index (χ0) is 24.0. The summed E-state index contributed by atoms with van der Waals surface area (Å²) < 4.78 is 18.3. The summed E-state index contributed by atoms with van der Waals surface area (Å²) >= 11 is 6.01. The summed E-state index contributed by atoms with van der Waals surface area (Å²) in [7, 11) is 1.27. The molecule has 2 aliphatic heterocycles. The zero-order valence-electron chi connectivity index (χ0n) is 17.9. The number of anilines is 2. The van der Waals surface area contributed by atoms with E-state index in [1.807, 2.05) is 0 Å². The zero-order valence-corrected chi connectivity index (χ0v) is 18.6. The number of methoxy groups -OCH3 is 1.